The van der Waals surface area contributed by atoms with Crippen LogP contribution < -0.4 is 10.5 Å². The van der Waals surface area contributed by atoms with Gasteiger partial charge < -0.3 is 10.5 Å². The lowest BCUT2D eigenvalue weighted by molar-refractivity contribution is 0.283. The van der Waals surface area contributed by atoms with E-state index in [-0.39, 0.29) is 11.5 Å². The Labute approximate surface area is 124 Å². The van der Waals surface area contributed by atoms with E-state index in [9.17, 15) is 0 Å². The van der Waals surface area contributed by atoms with Crippen LogP contribution in [0.25, 0.3) is 0 Å². The van der Waals surface area contributed by atoms with Crippen molar-refractivity contribution in [3.05, 3.63) is 29.3 Å². The van der Waals surface area contributed by atoms with Gasteiger partial charge in [0.15, 0.2) is 0 Å². The largest absolute Gasteiger partial charge is 0.496 e. The highest BCUT2D eigenvalue weighted by Gasteiger charge is 2.27. The number of rotatable bonds is 5. The van der Waals surface area contributed by atoms with Gasteiger partial charge in [0.1, 0.15) is 5.75 Å². The Bertz CT molecular complexity index is 441. The summed E-state index contributed by atoms with van der Waals surface area (Å²) in [6.45, 7) is 13.5. The van der Waals surface area contributed by atoms with Gasteiger partial charge in [-0.25, -0.2) is 0 Å². The monoisotopic (exact) mass is 277 g/mol. The number of ether oxygens (including phenoxy) is 1. The smallest absolute Gasteiger partial charge is 0.122 e. The van der Waals surface area contributed by atoms with E-state index in [1.807, 2.05) is 6.92 Å². The Balaban J connectivity index is 3.13. The molecule has 1 aromatic rings. The molecule has 2 nitrogen and oxygen atoms in total. The van der Waals surface area contributed by atoms with Crippen LogP contribution in [0.1, 0.15) is 59.1 Å². The number of nitrogens with two attached hydrogens (primary N) is 1. The van der Waals surface area contributed by atoms with E-state index in [4.69, 9.17) is 10.5 Å². The second kappa shape index (κ2) is 6.17. The third-order valence-electron chi connectivity index (χ3n) is 3.58. The maximum absolute atomic E-state index is 5.95. The van der Waals surface area contributed by atoms with Crippen LogP contribution in [0.4, 0.5) is 0 Å². The third-order valence-corrected chi connectivity index (χ3v) is 3.58. The summed E-state index contributed by atoms with van der Waals surface area (Å²) in [7, 11) is 1.72. The average molecular weight is 277 g/mol. The lowest BCUT2D eigenvalue weighted by atomic mass is 9.72. The molecule has 2 heteroatoms. The van der Waals surface area contributed by atoms with E-state index in [0.717, 1.165) is 18.6 Å². The van der Waals surface area contributed by atoms with Crippen LogP contribution in [-0.4, -0.2) is 13.2 Å². The molecule has 2 N–H and O–H groups in total. The SMILES string of the molecule is COc1ccc(C(C)(C)CC(C)(C)C)cc1CC(C)N. The zero-order chi connectivity index (χ0) is 15.6. The summed E-state index contributed by atoms with van der Waals surface area (Å²) < 4.78 is 5.46. The summed E-state index contributed by atoms with van der Waals surface area (Å²) in [6.07, 6.45) is 1.99. The molecular weight excluding hydrogens is 246 g/mol. The molecule has 0 aliphatic rings. The van der Waals surface area contributed by atoms with E-state index in [0.29, 0.717) is 5.41 Å². The number of hydrogen-bond acceptors (Lipinski definition) is 2. The molecule has 20 heavy (non-hydrogen) atoms. The quantitative estimate of drug-likeness (QED) is 0.871. The molecule has 0 saturated heterocycles. The highest BCUT2D eigenvalue weighted by atomic mass is 16.5. The Morgan fingerprint density at radius 3 is 2.20 bits per heavy atom. The minimum Gasteiger partial charge on any atom is -0.496 e. The zero-order valence-electron chi connectivity index (χ0n) is 14.2. The average Bonchev–Trinajstić information content (AvgIpc) is 2.24. The number of benzene rings is 1. The van der Waals surface area contributed by atoms with Gasteiger partial charge >= 0.3 is 0 Å². The molecule has 0 aliphatic heterocycles. The van der Waals surface area contributed by atoms with Crippen molar-refractivity contribution in [3.8, 4) is 5.75 Å². The minimum absolute atomic E-state index is 0.143. The van der Waals surface area contributed by atoms with Gasteiger partial charge in [0.25, 0.3) is 0 Å². The van der Waals surface area contributed by atoms with Gasteiger partial charge in [-0.15, -0.1) is 0 Å². The lowest BCUT2D eigenvalue weighted by Gasteiger charge is -2.33. The Morgan fingerprint density at radius 2 is 1.75 bits per heavy atom. The fraction of sp³-hybridized carbons (Fsp3) is 0.667. The van der Waals surface area contributed by atoms with E-state index < -0.39 is 0 Å². The van der Waals surface area contributed by atoms with Crippen LogP contribution in [-0.2, 0) is 11.8 Å². The van der Waals surface area contributed by atoms with Gasteiger partial charge in [0.2, 0.25) is 0 Å². The first-order chi connectivity index (χ1) is 9.05. The molecule has 1 unspecified atom stereocenters. The predicted molar refractivity (Wildman–Crippen MR) is 87.4 cm³/mol. The van der Waals surface area contributed by atoms with Crippen LogP contribution in [0, 0.1) is 5.41 Å². The van der Waals surface area contributed by atoms with E-state index >= 15 is 0 Å². The van der Waals surface area contributed by atoms with Crippen molar-refractivity contribution >= 4 is 0 Å². The molecular formula is C18H31NO. The maximum Gasteiger partial charge on any atom is 0.122 e. The lowest BCUT2D eigenvalue weighted by Crippen LogP contribution is -2.25. The third kappa shape index (κ3) is 4.82. The molecule has 0 aromatic heterocycles. The van der Waals surface area contributed by atoms with Crippen LogP contribution in [0.5, 0.6) is 5.75 Å². The molecule has 0 aliphatic carbocycles. The summed E-state index contributed by atoms with van der Waals surface area (Å²) >= 11 is 0. The van der Waals surface area contributed by atoms with Gasteiger partial charge in [0.05, 0.1) is 7.11 Å². The van der Waals surface area contributed by atoms with Crippen LogP contribution >= 0.6 is 0 Å². The second-order valence-corrected chi connectivity index (χ2v) is 7.83. The maximum atomic E-state index is 5.95. The van der Waals surface area contributed by atoms with Crippen molar-refractivity contribution < 1.29 is 4.74 Å². The van der Waals surface area contributed by atoms with Gasteiger partial charge in [0, 0.05) is 6.04 Å². The standard InChI is InChI=1S/C18H31NO/c1-13(19)10-14-11-15(8-9-16(14)20-7)18(5,6)12-17(2,3)4/h8-9,11,13H,10,12,19H2,1-7H3. The minimum atomic E-state index is 0.143. The molecule has 1 aromatic carbocycles. The number of hydrogen-bond donors (Lipinski definition) is 1. The van der Waals surface area contributed by atoms with Gasteiger partial charge in [-0.2, -0.15) is 0 Å². The van der Waals surface area contributed by atoms with E-state index in [2.05, 4.69) is 52.8 Å². The van der Waals surface area contributed by atoms with Crippen molar-refractivity contribution in [2.24, 2.45) is 11.1 Å². The molecule has 114 valence electrons. The van der Waals surface area contributed by atoms with E-state index in [1.165, 1.54) is 11.1 Å². The van der Waals surface area contributed by atoms with Gasteiger partial charge in [-0.05, 0) is 47.8 Å². The van der Waals surface area contributed by atoms with Crippen LogP contribution in [0.2, 0.25) is 0 Å². The first-order valence-electron chi connectivity index (χ1n) is 7.48. The predicted octanol–water partition coefficient (Wildman–Crippen LogP) is 4.30. The molecule has 0 radical (unpaired) electrons. The normalized spacial score (nSPS) is 14.2. The van der Waals surface area contributed by atoms with Gasteiger partial charge in [-0.1, -0.05) is 46.8 Å². The molecule has 1 atom stereocenters. The van der Waals surface area contributed by atoms with Gasteiger partial charge in [-0.3, -0.25) is 0 Å². The summed E-state index contributed by atoms with van der Waals surface area (Å²) in [5, 5.41) is 0. The molecule has 0 amide bonds. The van der Waals surface area contributed by atoms with Crippen molar-refractivity contribution in [3.63, 3.8) is 0 Å². The Hall–Kier alpha value is -1.02. The molecule has 0 spiro atoms. The fourth-order valence-electron chi connectivity index (χ4n) is 3.13. The molecule has 0 bridgehead atoms. The molecule has 0 fully saturated rings. The Morgan fingerprint density at radius 1 is 1.15 bits per heavy atom. The second-order valence-electron chi connectivity index (χ2n) is 7.83. The van der Waals surface area contributed by atoms with Crippen LogP contribution in [0.3, 0.4) is 0 Å². The first-order valence-corrected chi connectivity index (χ1v) is 7.48. The van der Waals surface area contributed by atoms with Crippen molar-refractivity contribution in [1.29, 1.82) is 0 Å². The molecule has 0 saturated carbocycles. The van der Waals surface area contributed by atoms with E-state index in [1.54, 1.807) is 7.11 Å². The first kappa shape index (κ1) is 17.0. The van der Waals surface area contributed by atoms with Crippen molar-refractivity contribution in [2.45, 2.75) is 65.8 Å². The summed E-state index contributed by atoms with van der Waals surface area (Å²) in [5.41, 5.74) is 8.99. The zero-order valence-corrected chi connectivity index (χ0v) is 14.2. The fourth-order valence-corrected chi connectivity index (χ4v) is 3.13. The molecule has 1 rings (SSSR count). The van der Waals surface area contributed by atoms with Crippen molar-refractivity contribution in [2.75, 3.05) is 7.11 Å². The summed E-state index contributed by atoms with van der Waals surface area (Å²) in [6, 6.07) is 6.69. The highest BCUT2D eigenvalue weighted by molar-refractivity contribution is 5.40. The van der Waals surface area contributed by atoms with Crippen molar-refractivity contribution in [1.82, 2.24) is 0 Å². The Kier molecular flexibility index (Phi) is 5.26. The molecule has 0 heterocycles. The highest BCUT2D eigenvalue weighted by Crippen LogP contribution is 2.37. The number of methoxy groups -OCH3 is 1. The van der Waals surface area contributed by atoms with Crippen LogP contribution in [0.15, 0.2) is 18.2 Å². The summed E-state index contributed by atoms with van der Waals surface area (Å²) in [5.74, 6) is 0.942. The summed E-state index contributed by atoms with van der Waals surface area (Å²) in [4.78, 5) is 0. The topological polar surface area (TPSA) is 35.2 Å².